The van der Waals surface area contributed by atoms with Crippen molar-refractivity contribution < 1.29 is 34.8 Å². The highest BCUT2D eigenvalue weighted by Gasteiger charge is 2.33. The van der Waals surface area contributed by atoms with Gasteiger partial charge < -0.3 is 20.4 Å². The maximum absolute atomic E-state index is 11.2. The van der Waals surface area contributed by atoms with Gasteiger partial charge >= 0.3 is 5.97 Å². The number of aliphatic carboxylic acids is 1. The lowest BCUT2D eigenvalue weighted by atomic mass is 9.95. The van der Waals surface area contributed by atoms with E-state index in [1.807, 2.05) is 11.3 Å². The van der Waals surface area contributed by atoms with Crippen LogP contribution in [0.1, 0.15) is 35.4 Å². The minimum atomic E-state index is -0.890. The first-order chi connectivity index (χ1) is 13.9. The Kier molecular flexibility index (Phi) is 12.1. The number of piperidine rings is 2. The number of nitrogens with zero attached hydrogens (tertiary/aromatic N) is 2. The zero-order valence-corrected chi connectivity index (χ0v) is 17.2. The molecule has 4 N–H and O–H groups in total. The van der Waals surface area contributed by atoms with E-state index in [1.54, 1.807) is 0 Å². The van der Waals surface area contributed by atoms with Crippen LogP contribution >= 0.6 is 11.3 Å². The van der Waals surface area contributed by atoms with Crippen LogP contribution in [0.3, 0.4) is 0 Å². The van der Waals surface area contributed by atoms with Crippen LogP contribution in [0, 0.1) is 5.92 Å². The van der Waals surface area contributed by atoms with E-state index in [2.05, 4.69) is 21.9 Å². The number of thiophene rings is 1. The summed E-state index contributed by atoms with van der Waals surface area (Å²) >= 11 is 1.84. The predicted octanol–water partition coefficient (Wildman–Crippen LogP) is 1.40. The first kappa shape index (κ1) is 25.0. The quantitative estimate of drug-likeness (QED) is 0.511. The van der Waals surface area contributed by atoms with E-state index in [4.69, 9.17) is 19.8 Å². The predicted molar refractivity (Wildman–Crippen MR) is 108 cm³/mol. The Morgan fingerprint density at radius 1 is 1.00 bits per heavy atom. The van der Waals surface area contributed by atoms with Crippen molar-refractivity contribution in [2.24, 2.45) is 5.92 Å². The zero-order valence-electron chi connectivity index (χ0n) is 16.4. The van der Waals surface area contributed by atoms with Crippen LogP contribution in [0.5, 0.6) is 0 Å². The second kappa shape index (κ2) is 14.0. The smallest absolute Gasteiger partial charge is 0.310 e. The Morgan fingerprint density at radius 2 is 1.52 bits per heavy atom. The lowest BCUT2D eigenvalue weighted by molar-refractivity contribution is -0.149. The monoisotopic (exact) mass is 430 g/mol. The highest BCUT2D eigenvalue weighted by Crippen LogP contribution is 2.24. The standard InChI is InChI=1S/C17H26N2O3S.2CH2O2/c20-16-6-9-19(12-15(16)17(21)22)11-14-5-4-13(23-14)10-18-7-2-1-3-8-18;2*2-1-3/h4-5,15-16,20H,1-3,6-12H2,(H,21,22);2*1H,(H,2,3)/t15-,16-;;/m1../s1. The van der Waals surface area contributed by atoms with E-state index in [-0.39, 0.29) is 12.9 Å². The Bertz CT molecular complexity index is 613. The zero-order chi connectivity index (χ0) is 21.6. The van der Waals surface area contributed by atoms with Gasteiger partial charge in [-0.3, -0.25) is 24.2 Å². The molecule has 2 saturated heterocycles. The second-order valence-corrected chi connectivity index (χ2v) is 8.20. The Morgan fingerprint density at radius 3 is 2.03 bits per heavy atom. The molecule has 2 fully saturated rings. The van der Waals surface area contributed by atoms with E-state index >= 15 is 0 Å². The lowest BCUT2D eigenvalue weighted by Gasteiger charge is -2.33. The van der Waals surface area contributed by atoms with Crippen molar-refractivity contribution in [2.45, 2.75) is 44.9 Å². The van der Waals surface area contributed by atoms with Crippen LogP contribution in [0.25, 0.3) is 0 Å². The molecule has 0 aromatic carbocycles. The van der Waals surface area contributed by atoms with Crippen LogP contribution in [-0.2, 0) is 27.5 Å². The van der Waals surface area contributed by atoms with Crippen molar-refractivity contribution in [3.63, 3.8) is 0 Å². The molecule has 0 saturated carbocycles. The van der Waals surface area contributed by atoms with Gasteiger partial charge in [0.15, 0.2) is 0 Å². The van der Waals surface area contributed by atoms with E-state index in [0.717, 1.165) is 19.6 Å². The number of carboxylic acids is 1. The second-order valence-electron chi connectivity index (χ2n) is 6.95. The van der Waals surface area contributed by atoms with Gasteiger partial charge in [-0.25, -0.2) is 0 Å². The summed E-state index contributed by atoms with van der Waals surface area (Å²) in [5.74, 6) is -1.55. The molecule has 2 aliphatic rings. The van der Waals surface area contributed by atoms with Crippen molar-refractivity contribution >= 4 is 30.3 Å². The maximum atomic E-state index is 11.2. The SMILES string of the molecule is O=C(O)[C@@H]1CN(Cc2ccc(CN3CCCCC3)s2)CC[C@H]1O.O=CO.O=CO. The molecule has 0 unspecified atom stereocenters. The van der Waals surface area contributed by atoms with Gasteiger partial charge in [0.2, 0.25) is 0 Å². The molecule has 29 heavy (non-hydrogen) atoms. The number of rotatable bonds is 5. The summed E-state index contributed by atoms with van der Waals surface area (Å²) in [5.41, 5.74) is 0. The Labute approximate surface area is 174 Å². The van der Waals surface area contributed by atoms with Crippen molar-refractivity contribution in [1.82, 2.24) is 9.80 Å². The number of aliphatic hydroxyl groups excluding tert-OH is 1. The fraction of sp³-hybridized carbons (Fsp3) is 0.632. The third kappa shape index (κ3) is 9.35. The van der Waals surface area contributed by atoms with Crippen LogP contribution in [0.15, 0.2) is 12.1 Å². The minimum absolute atomic E-state index is 0.250. The molecular weight excluding hydrogens is 400 g/mol. The minimum Gasteiger partial charge on any atom is -0.483 e. The summed E-state index contributed by atoms with van der Waals surface area (Å²) in [6.07, 6.45) is 3.82. The van der Waals surface area contributed by atoms with Crippen LogP contribution in [0.2, 0.25) is 0 Å². The van der Waals surface area contributed by atoms with E-state index in [0.29, 0.717) is 13.0 Å². The lowest BCUT2D eigenvalue weighted by Crippen LogP contribution is -2.46. The maximum Gasteiger partial charge on any atom is 0.310 e. The Balaban J connectivity index is 0.000000626. The number of likely N-dealkylation sites (tertiary alicyclic amines) is 2. The summed E-state index contributed by atoms with van der Waals surface area (Å²) in [6.45, 7) is 4.96. The first-order valence-electron chi connectivity index (χ1n) is 9.54. The van der Waals surface area contributed by atoms with Gasteiger partial charge in [-0.15, -0.1) is 11.3 Å². The average Bonchev–Trinajstić information content (AvgIpc) is 3.12. The normalized spacial score (nSPS) is 22.4. The fourth-order valence-electron chi connectivity index (χ4n) is 3.54. The number of carbonyl (C=O) groups is 3. The van der Waals surface area contributed by atoms with Crippen molar-refractivity contribution in [1.29, 1.82) is 0 Å². The molecule has 3 rings (SSSR count). The Hall–Kier alpha value is -2.01. The molecule has 2 aliphatic heterocycles. The summed E-state index contributed by atoms with van der Waals surface area (Å²) < 4.78 is 0. The number of carboxylic acid groups (broad SMARTS) is 3. The molecule has 0 radical (unpaired) electrons. The van der Waals surface area contributed by atoms with Crippen LogP contribution in [-0.4, -0.2) is 81.4 Å². The summed E-state index contributed by atoms with van der Waals surface area (Å²) in [5, 5.41) is 32.8. The molecule has 0 amide bonds. The highest BCUT2D eigenvalue weighted by atomic mass is 32.1. The summed E-state index contributed by atoms with van der Waals surface area (Å²) in [6, 6.07) is 4.38. The molecule has 1 aromatic rings. The molecule has 0 aliphatic carbocycles. The van der Waals surface area contributed by atoms with Gasteiger partial charge in [-0.05, 0) is 44.5 Å². The molecule has 0 spiro atoms. The molecule has 1 aromatic heterocycles. The van der Waals surface area contributed by atoms with E-state index < -0.39 is 18.0 Å². The molecule has 0 bridgehead atoms. The van der Waals surface area contributed by atoms with Crippen LogP contribution in [0.4, 0.5) is 0 Å². The summed E-state index contributed by atoms with van der Waals surface area (Å²) in [4.78, 5) is 35.3. The summed E-state index contributed by atoms with van der Waals surface area (Å²) in [7, 11) is 0. The molecule has 10 heteroatoms. The number of hydrogen-bond donors (Lipinski definition) is 4. The molecule has 3 heterocycles. The van der Waals surface area contributed by atoms with Crippen molar-refractivity contribution in [2.75, 3.05) is 26.2 Å². The fourth-order valence-corrected chi connectivity index (χ4v) is 4.65. The van der Waals surface area contributed by atoms with Gasteiger partial charge in [0.1, 0.15) is 0 Å². The number of aliphatic hydroxyl groups is 1. The van der Waals surface area contributed by atoms with Gasteiger partial charge in [0.05, 0.1) is 12.0 Å². The van der Waals surface area contributed by atoms with Crippen molar-refractivity contribution in [3.05, 3.63) is 21.9 Å². The molecule has 164 valence electrons. The largest absolute Gasteiger partial charge is 0.483 e. The number of hydrogen-bond acceptors (Lipinski definition) is 7. The third-order valence-corrected chi connectivity index (χ3v) is 5.96. The molecule has 2 atom stereocenters. The van der Waals surface area contributed by atoms with Gasteiger partial charge in [-0.2, -0.15) is 0 Å². The van der Waals surface area contributed by atoms with E-state index in [1.165, 1.54) is 42.1 Å². The van der Waals surface area contributed by atoms with Gasteiger partial charge in [0, 0.05) is 35.9 Å². The van der Waals surface area contributed by atoms with Crippen LogP contribution < -0.4 is 0 Å². The van der Waals surface area contributed by atoms with Gasteiger partial charge in [-0.1, -0.05) is 6.42 Å². The topological polar surface area (TPSA) is 139 Å². The van der Waals surface area contributed by atoms with Crippen molar-refractivity contribution in [3.8, 4) is 0 Å². The third-order valence-electron chi connectivity index (χ3n) is 4.90. The molecular formula is C19H30N2O7S. The average molecular weight is 431 g/mol. The van der Waals surface area contributed by atoms with E-state index in [9.17, 15) is 15.0 Å². The van der Waals surface area contributed by atoms with Gasteiger partial charge in [0.25, 0.3) is 12.9 Å². The highest BCUT2D eigenvalue weighted by molar-refractivity contribution is 7.11. The first-order valence-corrected chi connectivity index (χ1v) is 10.4. The molecule has 9 nitrogen and oxygen atoms in total.